The highest BCUT2D eigenvalue weighted by atomic mass is 32.1. The topological polar surface area (TPSA) is 53.9 Å². The highest BCUT2D eigenvalue weighted by molar-refractivity contribution is 7.14. The zero-order valence-electron chi connectivity index (χ0n) is 11.8. The summed E-state index contributed by atoms with van der Waals surface area (Å²) in [5.74, 6) is 0.691. The molecule has 0 bridgehead atoms. The quantitative estimate of drug-likeness (QED) is 0.786. The third kappa shape index (κ3) is 2.32. The molecule has 4 rings (SSSR count). The van der Waals surface area contributed by atoms with Crippen LogP contribution in [0.2, 0.25) is 0 Å². The smallest absolute Gasteiger partial charge is 0.151 e. The van der Waals surface area contributed by atoms with Gasteiger partial charge in [0.2, 0.25) is 0 Å². The van der Waals surface area contributed by atoms with Gasteiger partial charge in [0, 0.05) is 31.7 Å². The van der Waals surface area contributed by atoms with Crippen molar-refractivity contribution < 1.29 is 4.39 Å². The molecule has 2 aromatic heterocycles. The number of hydrogen-bond donors (Lipinski definition) is 1. The van der Waals surface area contributed by atoms with Gasteiger partial charge in [-0.2, -0.15) is 4.37 Å². The van der Waals surface area contributed by atoms with Crippen molar-refractivity contribution in [2.75, 3.05) is 31.1 Å². The summed E-state index contributed by atoms with van der Waals surface area (Å²) < 4.78 is 18.6. The molecule has 0 atom stereocenters. The maximum Gasteiger partial charge on any atom is 0.151 e. The number of nitrogens with one attached hydrogen (secondary N) is 1. The summed E-state index contributed by atoms with van der Waals surface area (Å²) in [5.41, 5.74) is 2.50. The van der Waals surface area contributed by atoms with Crippen LogP contribution in [0.15, 0.2) is 30.6 Å². The van der Waals surface area contributed by atoms with Gasteiger partial charge in [-0.3, -0.25) is 0 Å². The fourth-order valence-electron chi connectivity index (χ4n) is 2.65. The number of anilines is 1. The van der Waals surface area contributed by atoms with E-state index in [-0.39, 0.29) is 5.82 Å². The van der Waals surface area contributed by atoms with Gasteiger partial charge >= 0.3 is 0 Å². The zero-order chi connectivity index (χ0) is 14.9. The van der Waals surface area contributed by atoms with Crippen LogP contribution in [0.3, 0.4) is 0 Å². The average molecular weight is 315 g/mol. The fraction of sp³-hybridized carbons (Fsp3) is 0.267. The van der Waals surface area contributed by atoms with E-state index in [9.17, 15) is 4.39 Å². The van der Waals surface area contributed by atoms with E-state index in [4.69, 9.17) is 0 Å². The first-order valence-electron chi connectivity index (χ1n) is 7.15. The predicted molar refractivity (Wildman–Crippen MR) is 85.7 cm³/mol. The largest absolute Gasteiger partial charge is 0.353 e. The van der Waals surface area contributed by atoms with Crippen molar-refractivity contribution in [3.8, 4) is 11.3 Å². The molecule has 0 spiro atoms. The van der Waals surface area contributed by atoms with E-state index >= 15 is 0 Å². The monoisotopic (exact) mass is 315 g/mol. The van der Waals surface area contributed by atoms with Gasteiger partial charge in [0.25, 0.3) is 0 Å². The maximum absolute atomic E-state index is 13.1. The van der Waals surface area contributed by atoms with Crippen LogP contribution in [0, 0.1) is 5.82 Å². The van der Waals surface area contributed by atoms with Gasteiger partial charge in [0.05, 0.1) is 0 Å². The number of aromatic nitrogens is 3. The molecule has 3 aromatic rings. The molecule has 5 nitrogen and oxygen atoms in total. The van der Waals surface area contributed by atoms with Crippen LogP contribution in [-0.4, -0.2) is 40.5 Å². The molecule has 1 aliphatic heterocycles. The first-order chi connectivity index (χ1) is 10.8. The molecular weight excluding hydrogens is 301 g/mol. The number of benzene rings is 1. The van der Waals surface area contributed by atoms with E-state index in [0.717, 1.165) is 53.5 Å². The molecule has 1 aromatic carbocycles. The molecule has 0 amide bonds. The molecule has 3 heterocycles. The summed E-state index contributed by atoms with van der Waals surface area (Å²) in [7, 11) is 0. The highest BCUT2D eigenvalue weighted by Crippen LogP contribution is 2.34. The predicted octanol–water partition coefficient (Wildman–Crippen LogP) is 2.30. The van der Waals surface area contributed by atoms with Gasteiger partial charge in [0.1, 0.15) is 28.1 Å². The van der Waals surface area contributed by atoms with Crippen molar-refractivity contribution in [2.24, 2.45) is 0 Å². The highest BCUT2D eigenvalue weighted by Gasteiger charge is 2.19. The van der Waals surface area contributed by atoms with E-state index in [1.165, 1.54) is 23.7 Å². The summed E-state index contributed by atoms with van der Waals surface area (Å²) in [6.07, 6.45) is 1.58. The number of nitrogens with zero attached hydrogens (tertiary/aromatic N) is 4. The second-order valence-corrected chi connectivity index (χ2v) is 5.92. The lowest BCUT2D eigenvalue weighted by molar-refractivity contribution is 0.586. The lowest BCUT2D eigenvalue weighted by atomic mass is 10.1. The van der Waals surface area contributed by atoms with Crippen LogP contribution >= 0.6 is 11.5 Å². The van der Waals surface area contributed by atoms with Crippen molar-refractivity contribution >= 4 is 27.6 Å². The third-order valence-electron chi connectivity index (χ3n) is 3.77. The van der Waals surface area contributed by atoms with Crippen LogP contribution in [0.1, 0.15) is 0 Å². The molecule has 1 fully saturated rings. The first-order valence-corrected chi connectivity index (χ1v) is 7.92. The Morgan fingerprint density at radius 2 is 1.86 bits per heavy atom. The van der Waals surface area contributed by atoms with Crippen molar-refractivity contribution in [2.45, 2.75) is 0 Å². The Morgan fingerprint density at radius 1 is 1.09 bits per heavy atom. The Bertz CT molecular complexity index is 795. The minimum atomic E-state index is -0.251. The number of hydrogen-bond acceptors (Lipinski definition) is 6. The lowest BCUT2D eigenvalue weighted by Gasteiger charge is -2.28. The Kier molecular flexibility index (Phi) is 3.44. The summed E-state index contributed by atoms with van der Waals surface area (Å²) in [5, 5.41) is 3.34. The fourth-order valence-corrected chi connectivity index (χ4v) is 3.52. The summed E-state index contributed by atoms with van der Waals surface area (Å²) in [6.45, 7) is 3.76. The number of rotatable bonds is 2. The van der Waals surface area contributed by atoms with Crippen molar-refractivity contribution in [3.63, 3.8) is 0 Å². The molecule has 1 aliphatic rings. The molecule has 1 N–H and O–H groups in total. The number of piperazine rings is 1. The molecule has 0 saturated carbocycles. The Labute approximate surface area is 131 Å². The van der Waals surface area contributed by atoms with E-state index in [1.807, 2.05) is 0 Å². The third-order valence-corrected chi connectivity index (χ3v) is 4.60. The molecule has 1 saturated heterocycles. The molecule has 0 aliphatic carbocycles. The van der Waals surface area contributed by atoms with E-state index in [1.54, 1.807) is 18.5 Å². The molecule has 112 valence electrons. The van der Waals surface area contributed by atoms with Crippen molar-refractivity contribution in [1.29, 1.82) is 0 Å². The Balaban J connectivity index is 1.80. The molecular formula is C15H14FN5S. The average Bonchev–Trinajstić information content (AvgIpc) is 3.00. The Morgan fingerprint density at radius 3 is 2.64 bits per heavy atom. The molecule has 0 unspecified atom stereocenters. The maximum atomic E-state index is 13.1. The second kappa shape index (κ2) is 5.58. The molecule has 7 heteroatoms. The number of fused-ring (bicyclic) bond motifs is 1. The number of halogens is 1. The van der Waals surface area contributed by atoms with Crippen molar-refractivity contribution in [3.05, 3.63) is 36.4 Å². The summed E-state index contributed by atoms with van der Waals surface area (Å²) in [6, 6.07) is 6.35. The standard InChI is InChI=1S/C15H14FN5S/c16-11-3-1-10(2-4-11)12-13-14(22-20-12)15(19-9-18-13)21-7-5-17-6-8-21/h1-4,9,17H,5-8H2. The van der Waals surface area contributed by atoms with Gasteiger partial charge in [-0.1, -0.05) is 0 Å². The zero-order valence-corrected chi connectivity index (χ0v) is 12.6. The Hall–Kier alpha value is -2.12. The van der Waals surface area contributed by atoms with Crippen LogP contribution in [0.5, 0.6) is 0 Å². The second-order valence-electron chi connectivity index (χ2n) is 5.15. The summed E-state index contributed by atoms with van der Waals surface area (Å²) in [4.78, 5) is 11.1. The minimum Gasteiger partial charge on any atom is -0.353 e. The van der Waals surface area contributed by atoms with Crippen LogP contribution < -0.4 is 10.2 Å². The lowest BCUT2D eigenvalue weighted by Crippen LogP contribution is -2.43. The van der Waals surface area contributed by atoms with Gasteiger partial charge < -0.3 is 10.2 Å². The minimum absolute atomic E-state index is 0.251. The molecule has 0 radical (unpaired) electrons. The van der Waals surface area contributed by atoms with Gasteiger partial charge in [-0.25, -0.2) is 14.4 Å². The van der Waals surface area contributed by atoms with E-state index in [2.05, 4.69) is 24.6 Å². The van der Waals surface area contributed by atoms with Crippen LogP contribution in [-0.2, 0) is 0 Å². The van der Waals surface area contributed by atoms with Crippen molar-refractivity contribution in [1.82, 2.24) is 19.7 Å². The first kappa shape index (κ1) is 13.5. The van der Waals surface area contributed by atoms with Crippen LogP contribution in [0.25, 0.3) is 21.5 Å². The SMILES string of the molecule is Fc1ccc(-c2nsc3c(N4CCNCC4)ncnc23)cc1. The van der Waals surface area contributed by atoms with E-state index < -0.39 is 0 Å². The van der Waals surface area contributed by atoms with Gasteiger partial charge in [-0.15, -0.1) is 0 Å². The van der Waals surface area contributed by atoms with Crippen LogP contribution in [0.4, 0.5) is 10.2 Å². The normalized spacial score (nSPS) is 15.4. The van der Waals surface area contributed by atoms with E-state index in [0.29, 0.717) is 0 Å². The van der Waals surface area contributed by atoms with Gasteiger partial charge in [0.15, 0.2) is 5.82 Å². The summed E-state index contributed by atoms with van der Waals surface area (Å²) >= 11 is 1.40. The van der Waals surface area contributed by atoms with Gasteiger partial charge in [-0.05, 0) is 35.8 Å². The molecule has 22 heavy (non-hydrogen) atoms.